The minimum absolute atomic E-state index is 0.0670. The standard InChI is InChI=1S/C17H14O3S/c1-19-12-7-11(8-13(10-12)20-2)9-16-17(18)14-5-3-4-6-15(14)21-16/h3-10H,1-2H3/b16-9-. The normalized spacial score (nSPS) is 15.1. The van der Waals surface area contributed by atoms with Crippen LogP contribution in [-0.2, 0) is 0 Å². The number of benzene rings is 2. The average molecular weight is 298 g/mol. The molecule has 1 aliphatic heterocycles. The van der Waals surface area contributed by atoms with E-state index in [2.05, 4.69) is 0 Å². The Morgan fingerprint density at radius 3 is 2.29 bits per heavy atom. The maximum atomic E-state index is 12.4. The first-order valence-corrected chi connectivity index (χ1v) is 7.29. The molecule has 1 aliphatic rings. The number of thioether (sulfide) groups is 1. The minimum Gasteiger partial charge on any atom is -0.497 e. The summed E-state index contributed by atoms with van der Waals surface area (Å²) in [5.74, 6) is 1.47. The highest BCUT2D eigenvalue weighted by molar-refractivity contribution is 8.04. The predicted molar refractivity (Wildman–Crippen MR) is 84.2 cm³/mol. The van der Waals surface area contributed by atoms with Gasteiger partial charge in [0.2, 0.25) is 5.78 Å². The van der Waals surface area contributed by atoms with Gasteiger partial charge < -0.3 is 9.47 Å². The van der Waals surface area contributed by atoms with Gasteiger partial charge in [-0.2, -0.15) is 0 Å². The number of fused-ring (bicyclic) bond motifs is 1. The van der Waals surface area contributed by atoms with Crippen LogP contribution in [0.15, 0.2) is 52.3 Å². The molecule has 0 aromatic heterocycles. The van der Waals surface area contributed by atoms with E-state index in [0.29, 0.717) is 16.4 Å². The minimum atomic E-state index is 0.0670. The number of hydrogen-bond acceptors (Lipinski definition) is 4. The lowest BCUT2D eigenvalue weighted by atomic mass is 10.1. The van der Waals surface area contributed by atoms with Crippen molar-refractivity contribution in [3.8, 4) is 11.5 Å². The molecule has 106 valence electrons. The van der Waals surface area contributed by atoms with Crippen LogP contribution in [0.1, 0.15) is 15.9 Å². The maximum Gasteiger partial charge on any atom is 0.200 e. The summed E-state index contributed by atoms with van der Waals surface area (Å²) in [5.41, 5.74) is 1.65. The number of Topliss-reactive ketones (excluding diaryl/α,β-unsaturated/α-hetero) is 1. The fourth-order valence-corrected chi connectivity index (χ4v) is 3.25. The molecule has 0 unspecified atom stereocenters. The molecule has 0 atom stereocenters. The smallest absolute Gasteiger partial charge is 0.200 e. The van der Waals surface area contributed by atoms with E-state index in [1.165, 1.54) is 11.8 Å². The second-order valence-electron chi connectivity index (χ2n) is 4.58. The first kappa shape index (κ1) is 13.8. The molecule has 0 fully saturated rings. The number of allylic oxidation sites excluding steroid dienone is 1. The molecule has 3 nitrogen and oxygen atoms in total. The zero-order valence-corrected chi connectivity index (χ0v) is 12.6. The van der Waals surface area contributed by atoms with Crippen molar-refractivity contribution in [3.05, 3.63) is 58.5 Å². The molecule has 0 spiro atoms. The molecule has 0 radical (unpaired) electrons. The Kier molecular flexibility index (Phi) is 3.71. The van der Waals surface area contributed by atoms with E-state index < -0.39 is 0 Å². The van der Waals surface area contributed by atoms with Crippen molar-refractivity contribution in [2.45, 2.75) is 4.90 Å². The highest BCUT2D eigenvalue weighted by Gasteiger charge is 2.25. The van der Waals surface area contributed by atoms with Crippen molar-refractivity contribution >= 4 is 23.6 Å². The largest absolute Gasteiger partial charge is 0.497 e. The molecule has 3 rings (SSSR count). The number of carbonyl (C=O) groups is 1. The monoisotopic (exact) mass is 298 g/mol. The van der Waals surface area contributed by atoms with E-state index in [-0.39, 0.29) is 5.78 Å². The molecule has 0 N–H and O–H groups in total. The molecular weight excluding hydrogens is 284 g/mol. The van der Waals surface area contributed by atoms with Gasteiger partial charge in [-0.1, -0.05) is 23.9 Å². The van der Waals surface area contributed by atoms with Crippen LogP contribution in [0, 0.1) is 0 Å². The SMILES string of the molecule is COc1cc(/C=C2\Sc3ccccc3C2=O)cc(OC)c1. The molecule has 2 aromatic rings. The third-order valence-electron chi connectivity index (χ3n) is 3.25. The molecule has 2 aromatic carbocycles. The summed E-state index contributed by atoms with van der Waals surface area (Å²) < 4.78 is 10.5. The van der Waals surface area contributed by atoms with Crippen molar-refractivity contribution in [1.29, 1.82) is 0 Å². The number of carbonyl (C=O) groups excluding carboxylic acids is 1. The fourth-order valence-electron chi connectivity index (χ4n) is 2.20. The van der Waals surface area contributed by atoms with E-state index in [4.69, 9.17) is 9.47 Å². The summed E-state index contributed by atoms with van der Waals surface area (Å²) in [5, 5.41) is 0. The molecule has 0 bridgehead atoms. The third kappa shape index (κ3) is 2.67. The van der Waals surface area contributed by atoms with E-state index in [9.17, 15) is 4.79 Å². The van der Waals surface area contributed by atoms with E-state index in [0.717, 1.165) is 16.0 Å². The van der Waals surface area contributed by atoms with Gasteiger partial charge in [0.25, 0.3) is 0 Å². The van der Waals surface area contributed by atoms with Crippen LogP contribution >= 0.6 is 11.8 Å². The van der Waals surface area contributed by atoms with E-state index in [1.54, 1.807) is 20.3 Å². The van der Waals surface area contributed by atoms with Gasteiger partial charge >= 0.3 is 0 Å². The molecule has 0 saturated heterocycles. The van der Waals surface area contributed by atoms with Crippen molar-refractivity contribution in [3.63, 3.8) is 0 Å². The van der Waals surface area contributed by atoms with Gasteiger partial charge in [-0.3, -0.25) is 4.79 Å². The second kappa shape index (κ2) is 5.66. The number of hydrogen-bond donors (Lipinski definition) is 0. The number of methoxy groups -OCH3 is 2. The predicted octanol–water partition coefficient (Wildman–Crippen LogP) is 4.03. The quantitative estimate of drug-likeness (QED) is 0.801. The van der Waals surface area contributed by atoms with Crippen molar-refractivity contribution < 1.29 is 14.3 Å². The molecular formula is C17H14O3S. The van der Waals surface area contributed by atoms with E-state index in [1.807, 2.05) is 42.5 Å². The third-order valence-corrected chi connectivity index (χ3v) is 4.35. The molecule has 4 heteroatoms. The molecule has 0 saturated carbocycles. The van der Waals surface area contributed by atoms with Crippen LogP contribution in [0.3, 0.4) is 0 Å². The molecule has 0 amide bonds. The molecule has 1 heterocycles. The number of ether oxygens (including phenoxy) is 2. The van der Waals surface area contributed by atoms with Crippen LogP contribution in [0.2, 0.25) is 0 Å². The van der Waals surface area contributed by atoms with Crippen LogP contribution in [0.4, 0.5) is 0 Å². The maximum absolute atomic E-state index is 12.4. The van der Waals surface area contributed by atoms with Gasteiger partial charge in [-0.05, 0) is 35.9 Å². The molecule has 0 aliphatic carbocycles. The fraction of sp³-hybridized carbons (Fsp3) is 0.118. The number of rotatable bonds is 3. The Morgan fingerprint density at radius 2 is 1.67 bits per heavy atom. The lowest BCUT2D eigenvalue weighted by Crippen LogP contribution is -1.94. The summed E-state index contributed by atoms with van der Waals surface area (Å²) in [4.78, 5) is 14.1. The average Bonchev–Trinajstić information content (AvgIpc) is 2.83. The van der Waals surface area contributed by atoms with Gasteiger partial charge in [0.1, 0.15) is 11.5 Å². The summed E-state index contributed by atoms with van der Waals surface area (Å²) in [7, 11) is 3.22. The van der Waals surface area contributed by atoms with Crippen molar-refractivity contribution in [2.75, 3.05) is 14.2 Å². The van der Waals surface area contributed by atoms with Crippen molar-refractivity contribution in [1.82, 2.24) is 0 Å². The van der Waals surface area contributed by atoms with E-state index >= 15 is 0 Å². The lowest BCUT2D eigenvalue weighted by molar-refractivity contribution is 0.104. The number of ketones is 1. The van der Waals surface area contributed by atoms with Gasteiger partial charge in [0.15, 0.2) is 0 Å². The molecule has 21 heavy (non-hydrogen) atoms. The Bertz CT molecular complexity index is 712. The van der Waals surface area contributed by atoms with Crippen LogP contribution in [0.5, 0.6) is 11.5 Å². The Hall–Kier alpha value is -2.20. The Morgan fingerprint density at radius 1 is 1.00 bits per heavy atom. The highest BCUT2D eigenvalue weighted by atomic mass is 32.2. The summed E-state index contributed by atoms with van der Waals surface area (Å²) in [6.07, 6.45) is 1.87. The Labute approximate surface area is 127 Å². The zero-order chi connectivity index (χ0) is 14.8. The Balaban J connectivity index is 1.99. The van der Waals surface area contributed by atoms with Crippen molar-refractivity contribution in [2.24, 2.45) is 0 Å². The zero-order valence-electron chi connectivity index (χ0n) is 11.8. The topological polar surface area (TPSA) is 35.5 Å². The van der Waals surface area contributed by atoms with Gasteiger partial charge in [0, 0.05) is 16.5 Å². The second-order valence-corrected chi connectivity index (χ2v) is 5.67. The summed E-state index contributed by atoms with van der Waals surface area (Å²) in [6.45, 7) is 0. The van der Waals surface area contributed by atoms with Gasteiger partial charge in [-0.25, -0.2) is 0 Å². The van der Waals surface area contributed by atoms with Gasteiger partial charge in [-0.15, -0.1) is 0 Å². The summed E-state index contributed by atoms with van der Waals surface area (Å²) in [6, 6.07) is 13.2. The summed E-state index contributed by atoms with van der Waals surface area (Å²) >= 11 is 1.50. The van der Waals surface area contributed by atoms with Gasteiger partial charge in [0.05, 0.1) is 19.1 Å². The van der Waals surface area contributed by atoms with Crippen LogP contribution in [0.25, 0.3) is 6.08 Å². The first-order valence-electron chi connectivity index (χ1n) is 6.47. The van der Waals surface area contributed by atoms with Crippen LogP contribution < -0.4 is 9.47 Å². The lowest BCUT2D eigenvalue weighted by Gasteiger charge is -2.06. The van der Waals surface area contributed by atoms with Crippen LogP contribution in [-0.4, -0.2) is 20.0 Å². The first-order chi connectivity index (χ1) is 10.2. The highest BCUT2D eigenvalue weighted by Crippen LogP contribution is 2.41.